The van der Waals surface area contributed by atoms with Gasteiger partial charge in [-0.15, -0.1) is 0 Å². The summed E-state index contributed by atoms with van der Waals surface area (Å²) in [5, 5.41) is 3.98. The van der Waals surface area contributed by atoms with Crippen LogP contribution in [0.2, 0.25) is 0 Å². The largest absolute Gasteiger partial charge is 0.372 e. The number of morpholine rings is 1. The molecule has 2 atom stereocenters. The van der Waals surface area contributed by atoms with Crippen LogP contribution in [0.15, 0.2) is 22.9 Å². The molecule has 3 rings (SSSR count). The lowest BCUT2D eigenvalue weighted by Crippen LogP contribution is -2.45. The lowest BCUT2D eigenvalue weighted by Gasteiger charge is -2.36. The standard InChI is InChI=1S/C16H21N3O2/c1-10-8-19(9-11(2)20-10)14-5-6-15(17-7-14)16-12(3)18-21-13(16)4/h5-7,10-11H,8-9H2,1-4H3/t10-,11+. The third-order valence-corrected chi connectivity index (χ3v) is 3.82. The Balaban J connectivity index is 1.84. The number of anilines is 1. The van der Waals surface area contributed by atoms with Crippen molar-refractivity contribution in [3.63, 3.8) is 0 Å². The maximum absolute atomic E-state index is 5.77. The quantitative estimate of drug-likeness (QED) is 0.850. The van der Waals surface area contributed by atoms with E-state index in [0.29, 0.717) is 0 Å². The van der Waals surface area contributed by atoms with Crippen LogP contribution in [-0.2, 0) is 4.74 Å². The van der Waals surface area contributed by atoms with Crippen LogP contribution in [-0.4, -0.2) is 35.4 Å². The van der Waals surface area contributed by atoms with E-state index in [1.54, 1.807) is 0 Å². The van der Waals surface area contributed by atoms with Gasteiger partial charge in [-0.2, -0.15) is 0 Å². The van der Waals surface area contributed by atoms with Gasteiger partial charge in [0.05, 0.1) is 41.0 Å². The van der Waals surface area contributed by atoms with Gasteiger partial charge >= 0.3 is 0 Å². The second-order valence-corrected chi connectivity index (χ2v) is 5.76. The summed E-state index contributed by atoms with van der Waals surface area (Å²) >= 11 is 0. The van der Waals surface area contributed by atoms with Crippen LogP contribution in [0.3, 0.4) is 0 Å². The monoisotopic (exact) mass is 287 g/mol. The van der Waals surface area contributed by atoms with Gasteiger partial charge in [0.15, 0.2) is 0 Å². The predicted molar refractivity (Wildman–Crippen MR) is 81.4 cm³/mol. The Labute approximate surface area is 124 Å². The number of nitrogens with zero attached hydrogens (tertiary/aromatic N) is 3. The van der Waals surface area contributed by atoms with Gasteiger partial charge < -0.3 is 14.2 Å². The van der Waals surface area contributed by atoms with Crippen LogP contribution in [0.1, 0.15) is 25.3 Å². The fourth-order valence-electron chi connectivity index (χ4n) is 2.96. The average Bonchev–Trinajstić information content (AvgIpc) is 2.77. The Kier molecular flexibility index (Phi) is 3.68. The van der Waals surface area contributed by atoms with Crippen molar-refractivity contribution in [1.82, 2.24) is 10.1 Å². The summed E-state index contributed by atoms with van der Waals surface area (Å²) < 4.78 is 11.0. The fourth-order valence-corrected chi connectivity index (χ4v) is 2.96. The predicted octanol–water partition coefficient (Wildman–Crippen LogP) is 2.97. The Morgan fingerprint density at radius 2 is 1.86 bits per heavy atom. The molecule has 0 N–H and O–H groups in total. The summed E-state index contributed by atoms with van der Waals surface area (Å²) in [5.41, 5.74) is 3.91. The second kappa shape index (κ2) is 5.48. The molecule has 0 aromatic carbocycles. The van der Waals surface area contributed by atoms with Crippen molar-refractivity contribution in [2.24, 2.45) is 0 Å². The molecular formula is C16H21N3O2. The molecule has 0 aliphatic carbocycles. The molecule has 1 saturated heterocycles. The first-order valence-electron chi connectivity index (χ1n) is 7.34. The van der Waals surface area contributed by atoms with Crippen LogP contribution >= 0.6 is 0 Å². The molecule has 2 aromatic heterocycles. The minimum Gasteiger partial charge on any atom is -0.372 e. The van der Waals surface area contributed by atoms with Crippen LogP contribution in [0.5, 0.6) is 0 Å². The van der Waals surface area contributed by atoms with Crippen molar-refractivity contribution in [3.05, 3.63) is 29.8 Å². The van der Waals surface area contributed by atoms with E-state index in [-0.39, 0.29) is 12.2 Å². The number of hydrogen-bond acceptors (Lipinski definition) is 5. The molecule has 5 heteroatoms. The van der Waals surface area contributed by atoms with Crippen LogP contribution in [0.4, 0.5) is 5.69 Å². The Hall–Kier alpha value is -1.88. The molecule has 112 valence electrons. The topological polar surface area (TPSA) is 51.4 Å². The van der Waals surface area contributed by atoms with Gasteiger partial charge in [-0.25, -0.2) is 0 Å². The highest BCUT2D eigenvalue weighted by Crippen LogP contribution is 2.27. The first-order chi connectivity index (χ1) is 10.0. The number of rotatable bonds is 2. The molecule has 5 nitrogen and oxygen atoms in total. The molecule has 0 unspecified atom stereocenters. The van der Waals surface area contributed by atoms with Gasteiger partial charge in [0.2, 0.25) is 0 Å². The summed E-state index contributed by atoms with van der Waals surface area (Å²) in [6, 6.07) is 4.14. The molecule has 1 aliphatic rings. The number of aromatic nitrogens is 2. The summed E-state index contributed by atoms with van der Waals surface area (Å²) in [6.45, 7) is 9.86. The van der Waals surface area contributed by atoms with E-state index in [9.17, 15) is 0 Å². The summed E-state index contributed by atoms with van der Waals surface area (Å²) in [4.78, 5) is 6.91. The first-order valence-corrected chi connectivity index (χ1v) is 7.34. The number of ether oxygens (including phenoxy) is 1. The first kappa shape index (κ1) is 14.1. The second-order valence-electron chi connectivity index (χ2n) is 5.76. The maximum Gasteiger partial charge on any atom is 0.143 e. The molecule has 1 aliphatic heterocycles. The van der Waals surface area contributed by atoms with E-state index in [1.807, 2.05) is 26.1 Å². The molecule has 1 fully saturated rings. The summed E-state index contributed by atoms with van der Waals surface area (Å²) in [7, 11) is 0. The highest BCUT2D eigenvalue weighted by atomic mass is 16.5. The van der Waals surface area contributed by atoms with Crippen molar-refractivity contribution in [1.29, 1.82) is 0 Å². The average molecular weight is 287 g/mol. The van der Waals surface area contributed by atoms with Gasteiger partial charge in [-0.1, -0.05) is 5.16 Å². The highest BCUT2D eigenvalue weighted by Gasteiger charge is 2.22. The zero-order valence-electron chi connectivity index (χ0n) is 13.0. The van der Waals surface area contributed by atoms with Gasteiger partial charge in [-0.05, 0) is 39.8 Å². The third-order valence-electron chi connectivity index (χ3n) is 3.82. The van der Waals surface area contributed by atoms with Crippen LogP contribution in [0, 0.1) is 13.8 Å². The summed E-state index contributed by atoms with van der Waals surface area (Å²) in [6.07, 6.45) is 2.42. The van der Waals surface area contributed by atoms with Crippen molar-refractivity contribution in [2.75, 3.05) is 18.0 Å². The van der Waals surface area contributed by atoms with Crippen LogP contribution < -0.4 is 4.90 Å². The number of aryl methyl sites for hydroxylation is 2. The minimum absolute atomic E-state index is 0.246. The van der Waals surface area contributed by atoms with E-state index in [1.165, 1.54) is 0 Å². The maximum atomic E-state index is 5.77. The number of pyridine rings is 1. The van der Waals surface area contributed by atoms with Gasteiger partial charge in [0.1, 0.15) is 5.76 Å². The highest BCUT2D eigenvalue weighted by molar-refractivity contribution is 5.65. The van der Waals surface area contributed by atoms with Crippen LogP contribution in [0.25, 0.3) is 11.3 Å². The van der Waals surface area contributed by atoms with E-state index in [4.69, 9.17) is 9.26 Å². The van der Waals surface area contributed by atoms with Gasteiger partial charge in [-0.3, -0.25) is 4.98 Å². The molecule has 3 heterocycles. The third kappa shape index (κ3) is 2.78. The molecule has 2 aromatic rings. The molecule has 0 saturated carbocycles. The molecule has 0 radical (unpaired) electrons. The zero-order valence-corrected chi connectivity index (χ0v) is 13.0. The van der Waals surface area contributed by atoms with Crippen molar-refractivity contribution in [3.8, 4) is 11.3 Å². The lowest BCUT2D eigenvalue weighted by molar-refractivity contribution is -0.00523. The molecule has 0 bridgehead atoms. The normalized spacial score (nSPS) is 22.6. The molecule has 0 spiro atoms. The zero-order chi connectivity index (χ0) is 15.0. The smallest absolute Gasteiger partial charge is 0.143 e. The minimum atomic E-state index is 0.246. The van der Waals surface area contributed by atoms with Gasteiger partial charge in [0.25, 0.3) is 0 Å². The summed E-state index contributed by atoms with van der Waals surface area (Å²) in [5.74, 6) is 0.807. The van der Waals surface area contributed by atoms with Crippen molar-refractivity contribution < 1.29 is 9.26 Å². The van der Waals surface area contributed by atoms with E-state index >= 15 is 0 Å². The molecule has 21 heavy (non-hydrogen) atoms. The van der Waals surface area contributed by atoms with Gasteiger partial charge in [0, 0.05) is 13.1 Å². The Morgan fingerprint density at radius 1 is 1.14 bits per heavy atom. The fraction of sp³-hybridized carbons (Fsp3) is 0.500. The van der Waals surface area contributed by atoms with E-state index < -0.39 is 0 Å². The van der Waals surface area contributed by atoms with E-state index in [2.05, 4.69) is 35.0 Å². The van der Waals surface area contributed by atoms with E-state index in [0.717, 1.165) is 41.5 Å². The SMILES string of the molecule is Cc1noc(C)c1-c1ccc(N2C[C@@H](C)O[C@@H](C)C2)cn1. The lowest BCUT2D eigenvalue weighted by atomic mass is 10.1. The Bertz CT molecular complexity index is 591. The molecule has 0 amide bonds. The van der Waals surface area contributed by atoms with Crippen molar-refractivity contribution >= 4 is 5.69 Å². The Morgan fingerprint density at radius 3 is 2.38 bits per heavy atom. The number of hydrogen-bond donors (Lipinski definition) is 0. The van der Waals surface area contributed by atoms with Crippen molar-refractivity contribution in [2.45, 2.75) is 39.9 Å². The molecular weight excluding hydrogens is 266 g/mol.